The molecule has 0 atom stereocenters. The standard InChI is InChI=1S/C11H19NO2/c1-5-6-7-8-9-14-10(13)12-11(2,3)4/h5-7H,1,8-9H2,2-4H3,(H,12,13)/b7-6+. The van der Waals surface area contributed by atoms with Gasteiger partial charge in [0.25, 0.3) is 0 Å². The number of amides is 1. The van der Waals surface area contributed by atoms with Gasteiger partial charge in [-0.2, -0.15) is 0 Å². The van der Waals surface area contributed by atoms with E-state index in [0.717, 1.165) is 0 Å². The molecule has 0 aromatic heterocycles. The summed E-state index contributed by atoms with van der Waals surface area (Å²) in [7, 11) is 0. The molecule has 0 aliphatic heterocycles. The van der Waals surface area contributed by atoms with E-state index >= 15 is 0 Å². The zero-order valence-electron chi connectivity index (χ0n) is 9.17. The highest BCUT2D eigenvalue weighted by molar-refractivity contribution is 5.68. The van der Waals surface area contributed by atoms with Crippen LogP contribution in [-0.2, 0) is 4.74 Å². The first-order valence-corrected chi connectivity index (χ1v) is 4.68. The van der Waals surface area contributed by atoms with Crippen molar-refractivity contribution in [3.8, 4) is 0 Å². The van der Waals surface area contributed by atoms with Crippen molar-refractivity contribution in [2.75, 3.05) is 6.61 Å². The number of ether oxygens (including phenoxy) is 1. The second kappa shape index (κ2) is 6.24. The zero-order valence-corrected chi connectivity index (χ0v) is 9.17. The van der Waals surface area contributed by atoms with Crippen LogP contribution in [0.25, 0.3) is 0 Å². The highest BCUT2D eigenvalue weighted by atomic mass is 16.5. The number of allylic oxidation sites excluding steroid dienone is 2. The first-order valence-electron chi connectivity index (χ1n) is 4.68. The molecule has 14 heavy (non-hydrogen) atoms. The SMILES string of the molecule is C=C/C=C/CCOC(=O)NC(C)(C)C. The summed E-state index contributed by atoms with van der Waals surface area (Å²) in [5.74, 6) is 0. The molecule has 1 N–H and O–H groups in total. The van der Waals surface area contributed by atoms with Gasteiger partial charge in [-0.15, -0.1) is 0 Å². The van der Waals surface area contributed by atoms with E-state index in [9.17, 15) is 4.79 Å². The Morgan fingerprint density at radius 1 is 1.50 bits per heavy atom. The van der Waals surface area contributed by atoms with Crippen molar-refractivity contribution in [3.63, 3.8) is 0 Å². The summed E-state index contributed by atoms with van der Waals surface area (Å²) in [6.07, 6.45) is 5.76. The predicted molar refractivity (Wildman–Crippen MR) is 58.2 cm³/mol. The number of carbonyl (C=O) groups excluding carboxylic acids is 1. The molecule has 3 nitrogen and oxygen atoms in total. The summed E-state index contributed by atoms with van der Waals surface area (Å²) in [5, 5.41) is 2.70. The Hall–Kier alpha value is -1.25. The van der Waals surface area contributed by atoms with Gasteiger partial charge in [0.2, 0.25) is 0 Å². The van der Waals surface area contributed by atoms with E-state index in [0.29, 0.717) is 13.0 Å². The summed E-state index contributed by atoms with van der Waals surface area (Å²) in [5.41, 5.74) is -0.242. The van der Waals surface area contributed by atoms with Crippen LogP contribution in [0.1, 0.15) is 27.2 Å². The summed E-state index contributed by atoms with van der Waals surface area (Å²) >= 11 is 0. The van der Waals surface area contributed by atoms with Crippen molar-refractivity contribution >= 4 is 6.09 Å². The van der Waals surface area contributed by atoms with Gasteiger partial charge < -0.3 is 10.1 Å². The maximum atomic E-state index is 11.1. The molecular formula is C11H19NO2. The molecule has 0 bridgehead atoms. The molecule has 80 valence electrons. The van der Waals surface area contributed by atoms with E-state index in [4.69, 9.17) is 4.74 Å². The van der Waals surface area contributed by atoms with Gasteiger partial charge in [0, 0.05) is 5.54 Å². The Kier molecular flexibility index (Phi) is 5.68. The lowest BCUT2D eigenvalue weighted by Crippen LogP contribution is -2.40. The van der Waals surface area contributed by atoms with Crippen LogP contribution in [0.15, 0.2) is 24.8 Å². The average molecular weight is 197 g/mol. The van der Waals surface area contributed by atoms with Crippen LogP contribution in [0.2, 0.25) is 0 Å². The van der Waals surface area contributed by atoms with E-state index in [1.54, 1.807) is 6.08 Å². The van der Waals surface area contributed by atoms with Crippen LogP contribution in [-0.4, -0.2) is 18.2 Å². The van der Waals surface area contributed by atoms with Gasteiger partial charge in [-0.3, -0.25) is 0 Å². The van der Waals surface area contributed by atoms with E-state index < -0.39 is 0 Å². The normalized spacial score (nSPS) is 11.4. The number of hydrogen-bond donors (Lipinski definition) is 1. The van der Waals surface area contributed by atoms with Crippen molar-refractivity contribution < 1.29 is 9.53 Å². The Morgan fingerprint density at radius 3 is 2.64 bits per heavy atom. The molecule has 0 aromatic carbocycles. The number of rotatable bonds is 4. The molecule has 0 aromatic rings. The average Bonchev–Trinajstić information content (AvgIpc) is 2.00. The summed E-state index contributed by atoms with van der Waals surface area (Å²) < 4.78 is 4.93. The van der Waals surface area contributed by atoms with Gasteiger partial charge in [-0.25, -0.2) is 4.79 Å². The maximum Gasteiger partial charge on any atom is 0.407 e. The van der Waals surface area contributed by atoms with E-state index in [2.05, 4.69) is 11.9 Å². The largest absolute Gasteiger partial charge is 0.449 e. The number of nitrogens with one attached hydrogen (secondary N) is 1. The number of hydrogen-bond acceptors (Lipinski definition) is 2. The molecule has 0 saturated heterocycles. The van der Waals surface area contributed by atoms with Crippen LogP contribution in [0, 0.1) is 0 Å². The van der Waals surface area contributed by atoms with Crippen molar-refractivity contribution in [3.05, 3.63) is 24.8 Å². The molecular weight excluding hydrogens is 178 g/mol. The summed E-state index contributed by atoms with van der Waals surface area (Å²) in [4.78, 5) is 11.1. The topological polar surface area (TPSA) is 38.3 Å². The minimum Gasteiger partial charge on any atom is -0.449 e. The van der Waals surface area contributed by atoms with Crippen molar-refractivity contribution in [1.29, 1.82) is 0 Å². The first kappa shape index (κ1) is 12.8. The quantitative estimate of drug-likeness (QED) is 0.555. The highest BCUT2D eigenvalue weighted by Gasteiger charge is 2.13. The third-order valence-electron chi connectivity index (χ3n) is 1.27. The van der Waals surface area contributed by atoms with Crippen molar-refractivity contribution in [2.45, 2.75) is 32.7 Å². The Morgan fingerprint density at radius 2 is 2.14 bits per heavy atom. The smallest absolute Gasteiger partial charge is 0.407 e. The fourth-order valence-electron chi connectivity index (χ4n) is 0.754. The fourth-order valence-corrected chi connectivity index (χ4v) is 0.754. The molecule has 0 aliphatic carbocycles. The number of alkyl carbamates (subject to hydrolysis) is 1. The monoisotopic (exact) mass is 197 g/mol. The molecule has 0 spiro atoms. The molecule has 0 fully saturated rings. The molecule has 0 aliphatic rings. The first-order chi connectivity index (χ1) is 6.45. The molecule has 1 amide bonds. The lowest BCUT2D eigenvalue weighted by molar-refractivity contribution is 0.139. The van der Waals surface area contributed by atoms with E-state index in [1.807, 2.05) is 32.9 Å². The van der Waals surface area contributed by atoms with Crippen LogP contribution in [0.4, 0.5) is 4.79 Å². The van der Waals surface area contributed by atoms with Crippen molar-refractivity contribution in [2.24, 2.45) is 0 Å². The predicted octanol–water partition coefficient (Wildman–Crippen LogP) is 2.64. The van der Waals surface area contributed by atoms with Gasteiger partial charge in [0.05, 0.1) is 6.61 Å². The second-order valence-corrected chi connectivity index (χ2v) is 3.96. The lowest BCUT2D eigenvalue weighted by atomic mass is 10.1. The van der Waals surface area contributed by atoms with Gasteiger partial charge >= 0.3 is 6.09 Å². The van der Waals surface area contributed by atoms with E-state index in [-0.39, 0.29) is 11.6 Å². The third kappa shape index (κ3) is 8.84. The Bertz CT molecular complexity index is 214. The number of carbonyl (C=O) groups is 1. The van der Waals surface area contributed by atoms with Crippen LogP contribution >= 0.6 is 0 Å². The van der Waals surface area contributed by atoms with Crippen LogP contribution < -0.4 is 5.32 Å². The zero-order chi connectivity index (χ0) is 11.0. The van der Waals surface area contributed by atoms with Gasteiger partial charge in [0.1, 0.15) is 0 Å². The minimum absolute atomic E-state index is 0.242. The molecule has 0 rings (SSSR count). The molecule has 3 heteroatoms. The maximum absolute atomic E-state index is 11.1. The molecule has 0 radical (unpaired) electrons. The van der Waals surface area contributed by atoms with Crippen LogP contribution in [0.3, 0.4) is 0 Å². The summed E-state index contributed by atoms with van der Waals surface area (Å²) in [6.45, 7) is 9.66. The van der Waals surface area contributed by atoms with Crippen molar-refractivity contribution in [1.82, 2.24) is 5.32 Å². The molecule has 0 unspecified atom stereocenters. The molecule has 0 saturated carbocycles. The van der Waals surface area contributed by atoms with E-state index in [1.165, 1.54) is 0 Å². The van der Waals surface area contributed by atoms with Gasteiger partial charge in [-0.05, 0) is 27.2 Å². The Balaban J connectivity index is 3.55. The fraction of sp³-hybridized carbons (Fsp3) is 0.545. The Labute approximate surface area is 85.8 Å². The highest BCUT2D eigenvalue weighted by Crippen LogP contribution is 1.99. The summed E-state index contributed by atoms with van der Waals surface area (Å²) in [6, 6.07) is 0. The second-order valence-electron chi connectivity index (χ2n) is 3.96. The third-order valence-corrected chi connectivity index (χ3v) is 1.27. The lowest BCUT2D eigenvalue weighted by Gasteiger charge is -2.19. The van der Waals surface area contributed by atoms with Crippen LogP contribution in [0.5, 0.6) is 0 Å². The van der Waals surface area contributed by atoms with Gasteiger partial charge in [0.15, 0.2) is 0 Å². The van der Waals surface area contributed by atoms with Gasteiger partial charge in [-0.1, -0.05) is 24.8 Å². The minimum atomic E-state index is -0.371. The molecule has 0 heterocycles.